The molecule has 2 atom stereocenters. The number of hydrogen-bond acceptors (Lipinski definition) is 2. The van der Waals surface area contributed by atoms with Crippen LogP contribution in [0.4, 0.5) is 5.69 Å². The van der Waals surface area contributed by atoms with Gasteiger partial charge in [-0.1, -0.05) is 28.8 Å². The average molecular weight is 338 g/mol. The molecule has 1 saturated carbocycles. The number of aromatic carboxylic acids is 1. The van der Waals surface area contributed by atoms with Crippen LogP contribution in [-0.2, 0) is 0 Å². The Hall–Kier alpha value is -1.03. The summed E-state index contributed by atoms with van der Waals surface area (Å²) in [7, 11) is 0. The molecule has 1 N–H and O–H groups in total. The van der Waals surface area contributed by atoms with Crippen LogP contribution in [0, 0.1) is 5.92 Å². The molecular weight excluding hydrogens is 318 g/mol. The van der Waals surface area contributed by atoms with E-state index in [1.165, 1.54) is 38.5 Å². The Kier molecular flexibility index (Phi) is 4.01. The summed E-state index contributed by atoms with van der Waals surface area (Å²) in [6.45, 7) is 1.05. The van der Waals surface area contributed by atoms with E-state index in [1.807, 2.05) is 6.07 Å². The third-order valence-corrected chi connectivity index (χ3v) is 5.16. The molecule has 3 rings (SSSR count). The monoisotopic (exact) mass is 337 g/mol. The number of hydrogen-bond donors (Lipinski definition) is 1. The molecular formula is C16H20BrNO2. The Morgan fingerprint density at radius 2 is 1.90 bits per heavy atom. The Morgan fingerprint density at radius 3 is 2.70 bits per heavy atom. The molecule has 1 aliphatic carbocycles. The van der Waals surface area contributed by atoms with Gasteiger partial charge in [0, 0.05) is 22.7 Å². The first kappa shape index (κ1) is 13.9. The summed E-state index contributed by atoms with van der Waals surface area (Å²) in [5.41, 5.74) is 1.43. The first-order chi connectivity index (χ1) is 9.65. The third-order valence-electron chi connectivity index (χ3n) is 4.70. The highest BCUT2D eigenvalue weighted by Crippen LogP contribution is 2.38. The van der Waals surface area contributed by atoms with Crippen molar-refractivity contribution in [3.05, 3.63) is 28.2 Å². The number of carboxylic acids is 1. The van der Waals surface area contributed by atoms with Crippen LogP contribution in [-0.4, -0.2) is 23.7 Å². The van der Waals surface area contributed by atoms with Crippen molar-refractivity contribution in [2.24, 2.45) is 5.92 Å². The van der Waals surface area contributed by atoms with Crippen molar-refractivity contribution < 1.29 is 9.90 Å². The Labute approximate surface area is 128 Å². The normalized spacial score (nSPS) is 26.1. The number of rotatable bonds is 2. The van der Waals surface area contributed by atoms with E-state index in [9.17, 15) is 9.90 Å². The maximum atomic E-state index is 11.2. The number of benzene rings is 1. The summed E-state index contributed by atoms with van der Waals surface area (Å²) < 4.78 is 0.852. The van der Waals surface area contributed by atoms with Crippen molar-refractivity contribution >= 4 is 27.6 Å². The van der Waals surface area contributed by atoms with Gasteiger partial charge in [0.15, 0.2) is 0 Å². The van der Waals surface area contributed by atoms with Crippen LogP contribution in [0.3, 0.4) is 0 Å². The second-order valence-electron chi connectivity index (χ2n) is 5.95. The van der Waals surface area contributed by atoms with Crippen LogP contribution < -0.4 is 4.90 Å². The molecule has 108 valence electrons. The smallest absolute Gasteiger partial charge is 0.335 e. The Morgan fingerprint density at radius 1 is 1.15 bits per heavy atom. The molecule has 1 aliphatic heterocycles. The van der Waals surface area contributed by atoms with Crippen LogP contribution in [0.15, 0.2) is 22.7 Å². The zero-order valence-electron chi connectivity index (χ0n) is 11.5. The molecule has 20 heavy (non-hydrogen) atoms. The van der Waals surface area contributed by atoms with Crippen LogP contribution in [0.1, 0.15) is 48.9 Å². The highest BCUT2D eigenvalue weighted by Gasteiger charge is 2.33. The molecule has 0 aromatic heterocycles. The fourth-order valence-electron chi connectivity index (χ4n) is 3.81. The lowest BCUT2D eigenvalue weighted by atomic mass is 9.78. The topological polar surface area (TPSA) is 40.5 Å². The quantitative estimate of drug-likeness (QED) is 0.874. The summed E-state index contributed by atoms with van der Waals surface area (Å²) in [6, 6.07) is 6.16. The predicted molar refractivity (Wildman–Crippen MR) is 83.4 cm³/mol. The summed E-state index contributed by atoms with van der Waals surface area (Å²) in [6.07, 6.45) is 7.79. The first-order valence-electron chi connectivity index (χ1n) is 7.45. The minimum absolute atomic E-state index is 0.368. The van der Waals surface area contributed by atoms with Crippen molar-refractivity contribution in [2.45, 2.75) is 44.6 Å². The summed E-state index contributed by atoms with van der Waals surface area (Å²) in [4.78, 5) is 13.7. The van der Waals surface area contributed by atoms with Crippen LogP contribution in [0.5, 0.6) is 0 Å². The van der Waals surface area contributed by atoms with E-state index in [0.717, 1.165) is 22.6 Å². The number of carbonyl (C=O) groups is 1. The van der Waals surface area contributed by atoms with Gasteiger partial charge < -0.3 is 10.0 Å². The van der Waals surface area contributed by atoms with Crippen molar-refractivity contribution in [2.75, 3.05) is 11.4 Å². The molecule has 1 aromatic carbocycles. The maximum Gasteiger partial charge on any atom is 0.335 e. The lowest BCUT2D eigenvalue weighted by Gasteiger charge is -2.45. The fourth-order valence-corrected chi connectivity index (χ4v) is 4.29. The zero-order chi connectivity index (χ0) is 14.1. The first-order valence-corrected chi connectivity index (χ1v) is 8.25. The molecule has 2 unspecified atom stereocenters. The van der Waals surface area contributed by atoms with Gasteiger partial charge in [0.1, 0.15) is 0 Å². The second kappa shape index (κ2) is 5.76. The number of piperidine rings is 1. The van der Waals surface area contributed by atoms with Crippen molar-refractivity contribution in [3.63, 3.8) is 0 Å². The van der Waals surface area contributed by atoms with E-state index < -0.39 is 5.97 Å². The average Bonchev–Trinajstić information content (AvgIpc) is 2.46. The van der Waals surface area contributed by atoms with Gasteiger partial charge in [-0.3, -0.25) is 0 Å². The minimum atomic E-state index is -0.857. The van der Waals surface area contributed by atoms with Gasteiger partial charge >= 0.3 is 5.97 Å². The van der Waals surface area contributed by atoms with Crippen molar-refractivity contribution in [1.29, 1.82) is 0 Å². The SMILES string of the molecule is O=C(O)c1cc(Br)cc(N2CCCC3CCCCC32)c1. The molecule has 2 aliphatic rings. The highest BCUT2D eigenvalue weighted by molar-refractivity contribution is 9.10. The van der Waals surface area contributed by atoms with Gasteiger partial charge in [0.05, 0.1) is 5.56 Å². The number of carboxylic acid groups (broad SMARTS) is 1. The number of nitrogens with zero attached hydrogens (tertiary/aromatic N) is 1. The van der Waals surface area contributed by atoms with Crippen LogP contribution in [0.2, 0.25) is 0 Å². The number of anilines is 1. The van der Waals surface area contributed by atoms with Gasteiger partial charge in [0.25, 0.3) is 0 Å². The van der Waals surface area contributed by atoms with E-state index in [0.29, 0.717) is 11.6 Å². The standard InChI is InChI=1S/C16H20BrNO2/c17-13-8-12(16(19)20)9-14(10-13)18-7-3-5-11-4-1-2-6-15(11)18/h8-11,15H,1-7H2,(H,19,20). The summed E-state index contributed by atoms with van der Waals surface area (Å²) in [5, 5.41) is 9.23. The minimum Gasteiger partial charge on any atom is -0.478 e. The number of fused-ring (bicyclic) bond motifs is 1. The van der Waals surface area contributed by atoms with E-state index in [1.54, 1.807) is 6.07 Å². The predicted octanol–water partition coefficient (Wildman–Crippen LogP) is 4.31. The van der Waals surface area contributed by atoms with Crippen LogP contribution in [0.25, 0.3) is 0 Å². The molecule has 4 heteroatoms. The van der Waals surface area contributed by atoms with Gasteiger partial charge in [-0.25, -0.2) is 4.79 Å². The molecule has 0 spiro atoms. The van der Waals surface area contributed by atoms with Crippen LogP contribution >= 0.6 is 15.9 Å². The van der Waals surface area contributed by atoms with Crippen molar-refractivity contribution in [3.8, 4) is 0 Å². The summed E-state index contributed by atoms with van der Waals surface area (Å²) >= 11 is 3.45. The Balaban J connectivity index is 1.92. The highest BCUT2D eigenvalue weighted by atomic mass is 79.9. The molecule has 0 radical (unpaired) electrons. The second-order valence-corrected chi connectivity index (χ2v) is 6.87. The molecule has 1 heterocycles. The van der Waals surface area contributed by atoms with Gasteiger partial charge in [0.2, 0.25) is 0 Å². The van der Waals surface area contributed by atoms with Gasteiger partial charge in [-0.15, -0.1) is 0 Å². The van der Waals surface area contributed by atoms with Gasteiger partial charge in [-0.05, 0) is 49.8 Å². The molecule has 0 amide bonds. The third kappa shape index (κ3) is 2.71. The zero-order valence-corrected chi connectivity index (χ0v) is 13.1. The lowest BCUT2D eigenvalue weighted by Crippen LogP contribution is -2.47. The largest absolute Gasteiger partial charge is 0.478 e. The molecule has 2 fully saturated rings. The van der Waals surface area contributed by atoms with E-state index in [2.05, 4.69) is 26.9 Å². The maximum absolute atomic E-state index is 11.2. The summed E-state index contributed by atoms with van der Waals surface area (Å²) in [5.74, 6) is -0.0606. The molecule has 1 aromatic rings. The molecule has 0 bridgehead atoms. The number of halogens is 1. The van der Waals surface area contributed by atoms with Crippen molar-refractivity contribution in [1.82, 2.24) is 0 Å². The van der Waals surface area contributed by atoms with E-state index in [4.69, 9.17) is 0 Å². The molecule has 3 nitrogen and oxygen atoms in total. The lowest BCUT2D eigenvalue weighted by molar-refractivity contribution is 0.0697. The Bertz CT molecular complexity index is 515. The van der Waals surface area contributed by atoms with Gasteiger partial charge in [-0.2, -0.15) is 0 Å². The van der Waals surface area contributed by atoms with E-state index in [-0.39, 0.29) is 0 Å². The fraction of sp³-hybridized carbons (Fsp3) is 0.562. The van der Waals surface area contributed by atoms with E-state index >= 15 is 0 Å². The molecule has 1 saturated heterocycles.